The van der Waals surface area contributed by atoms with Crippen molar-refractivity contribution in [1.82, 2.24) is 15.3 Å². The van der Waals surface area contributed by atoms with Crippen molar-refractivity contribution in [2.75, 3.05) is 11.9 Å². The number of rotatable bonds is 6. The Morgan fingerprint density at radius 1 is 0.857 bits per heavy atom. The summed E-state index contributed by atoms with van der Waals surface area (Å²) < 4.78 is 0. The molecule has 28 heavy (non-hydrogen) atoms. The Morgan fingerprint density at radius 3 is 2.54 bits per heavy atom. The van der Waals surface area contributed by atoms with Gasteiger partial charge in [-0.05, 0) is 36.2 Å². The first-order valence-electron chi connectivity index (χ1n) is 9.18. The molecule has 0 unspecified atom stereocenters. The van der Waals surface area contributed by atoms with Crippen LogP contribution in [-0.2, 0) is 6.42 Å². The number of carbonyl (C=O) groups is 1. The molecule has 0 aliphatic heterocycles. The smallest absolute Gasteiger partial charge is 0.269 e. The number of para-hydroxylation sites is 1. The highest BCUT2D eigenvalue weighted by Crippen LogP contribution is 2.24. The molecule has 0 aliphatic rings. The quantitative estimate of drug-likeness (QED) is 0.531. The van der Waals surface area contributed by atoms with Gasteiger partial charge in [0.05, 0.1) is 23.1 Å². The van der Waals surface area contributed by atoms with E-state index in [1.165, 1.54) is 5.56 Å². The van der Waals surface area contributed by atoms with Gasteiger partial charge in [0, 0.05) is 18.1 Å². The van der Waals surface area contributed by atoms with E-state index in [0.29, 0.717) is 12.2 Å². The molecule has 0 aliphatic carbocycles. The van der Waals surface area contributed by atoms with E-state index in [4.69, 9.17) is 0 Å². The number of benzene rings is 2. The van der Waals surface area contributed by atoms with E-state index < -0.39 is 0 Å². The maximum atomic E-state index is 12.3. The summed E-state index contributed by atoms with van der Waals surface area (Å²) in [5.41, 5.74) is 4.19. The van der Waals surface area contributed by atoms with Gasteiger partial charge in [0.25, 0.3) is 5.91 Å². The highest BCUT2D eigenvalue weighted by molar-refractivity contribution is 5.93. The van der Waals surface area contributed by atoms with Crippen molar-refractivity contribution in [3.8, 4) is 0 Å². The fraction of sp³-hybridized carbons (Fsp3) is 0.0870. The second-order valence-corrected chi connectivity index (χ2v) is 6.43. The molecule has 2 N–H and O–H groups in total. The molecule has 138 valence electrons. The highest BCUT2D eigenvalue weighted by atomic mass is 16.1. The summed E-state index contributed by atoms with van der Waals surface area (Å²) in [6.45, 7) is 0.576. The maximum Gasteiger partial charge on any atom is 0.269 e. The number of nitrogens with one attached hydrogen (secondary N) is 2. The lowest BCUT2D eigenvalue weighted by molar-refractivity contribution is 0.0949. The number of carbonyl (C=O) groups excluding carboxylic acids is 1. The first-order chi connectivity index (χ1) is 13.8. The minimum Gasteiger partial charge on any atom is -0.352 e. The van der Waals surface area contributed by atoms with E-state index in [2.05, 4.69) is 20.6 Å². The average Bonchev–Trinajstić information content (AvgIpc) is 2.75. The molecule has 5 heteroatoms. The number of pyridine rings is 2. The Bertz CT molecular complexity index is 1070. The van der Waals surface area contributed by atoms with Crippen molar-refractivity contribution in [1.29, 1.82) is 0 Å². The summed E-state index contributed by atoms with van der Waals surface area (Å²) >= 11 is 0. The third kappa shape index (κ3) is 4.15. The van der Waals surface area contributed by atoms with Crippen LogP contribution >= 0.6 is 0 Å². The topological polar surface area (TPSA) is 66.9 Å². The standard InChI is InChI=1S/C23H20N4O/c28-23(25-15-13-17-6-2-1-3-7-17)21-12-11-19(16-26-21)27-20-10-4-8-18-9-5-14-24-22(18)20/h1-12,14,16,27H,13,15H2,(H,25,28). The Morgan fingerprint density at radius 2 is 1.71 bits per heavy atom. The van der Waals surface area contributed by atoms with E-state index in [1.54, 1.807) is 18.5 Å². The molecular formula is C23H20N4O. The van der Waals surface area contributed by atoms with Gasteiger partial charge in [0.15, 0.2) is 0 Å². The number of aromatic nitrogens is 2. The minimum atomic E-state index is -0.172. The Balaban J connectivity index is 1.38. The monoisotopic (exact) mass is 368 g/mol. The van der Waals surface area contributed by atoms with Gasteiger partial charge in [-0.25, -0.2) is 4.98 Å². The fourth-order valence-electron chi connectivity index (χ4n) is 3.02. The Hall–Kier alpha value is -3.73. The van der Waals surface area contributed by atoms with Gasteiger partial charge < -0.3 is 10.6 Å². The van der Waals surface area contributed by atoms with Crippen LogP contribution in [0.4, 0.5) is 11.4 Å². The van der Waals surface area contributed by atoms with Gasteiger partial charge in [0.1, 0.15) is 5.69 Å². The molecule has 2 aromatic carbocycles. The van der Waals surface area contributed by atoms with E-state index in [9.17, 15) is 4.79 Å². The normalized spacial score (nSPS) is 10.6. The van der Waals surface area contributed by atoms with Gasteiger partial charge >= 0.3 is 0 Å². The molecule has 1 amide bonds. The maximum absolute atomic E-state index is 12.3. The molecule has 4 aromatic rings. The third-order valence-electron chi connectivity index (χ3n) is 4.45. The predicted octanol–water partition coefficient (Wildman–Crippen LogP) is 4.35. The van der Waals surface area contributed by atoms with Crippen molar-refractivity contribution < 1.29 is 4.79 Å². The zero-order chi connectivity index (χ0) is 19.2. The van der Waals surface area contributed by atoms with Crippen LogP contribution in [0.15, 0.2) is 85.2 Å². The number of amides is 1. The molecule has 4 rings (SSSR count). The van der Waals surface area contributed by atoms with Crippen molar-refractivity contribution in [3.63, 3.8) is 0 Å². The summed E-state index contributed by atoms with van der Waals surface area (Å²) in [4.78, 5) is 21.0. The molecule has 0 radical (unpaired) electrons. The van der Waals surface area contributed by atoms with Crippen LogP contribution < -0.4 is 10.6 Å². The molecule has 0 fully saturated rings. The van der Waals surface area contributed by atoms with Crippen LogP contribution in [0.2, 0.25) is 0 Å². The summed E-state index contributed by atoms with van der Waals surface area (Å²) in [5, 5.41) is 7.29. The van der Waals surface area contributed by atoms with E-state index >= 15 is 0 Å². The second kappa shape index (κ2) is 8.31. The Kier molecular flexibility index (Phi) is 5.24. The predicted molar refractivity (Wildman–Crippen MR) is 112 cm³/mol. The van der Waals surface area contributed by atoms with Gasteiger partial charge in [0.2, 0.25) is 0 Å². The van der Waals surface area contributed by atoms with E-state index in [-0.39, 0.29) is 5.91 Å². The molecule has 0 atom stereocenters. The SMILES string of the molecule is O=C(NCCc1ccccc1)c1ccc(Nc2cccc3cccnc23)cn1. The zero-order valence-electron chi connectivity index (χ0n) is 15.3. The molecule has 0 bridgehead atoms. The summed E-state index contributed by atoms with van der Waals surface area (Å²) in [5.74, 6) is -0.172. The van der Waals surface area contributed by atoms with Gasteiger partial charge in [-0.2, -0.15) is 0 Å². The molecule has 0 saturated heterocycles. The highest BCUT2D eigenvalue weighted by Gasteiger charge is 2.07. The van der Waals surface area contributed by atoms with Crippen LogP contribution in [0.25, 0.3) is 10.9 Å². The van der Waals surface area contributed by atoms with Crippen LogP contribution in [0.5, 0.6) is 0 Å². The number of anilines is 2. The second-order valence-electron chi connectivity index (χ2n) is 6.43. The fourth-order valence-corrected chi connectivity index (χ4v) is 3.02. The number of hydrogen-bond donors (Lipinski definition) is 2. The van der Waals surface area contributed by atoms with Crippen molar-refractivity contribution >= 4 is 28.2 Å². The van der Waals surface area contributed by atoms with Crippen LogP contribution in [0.3, 0.4) is 0 Å². The summed E-state index contributed by atoms with van der Waals surface area (Å²) in [7, 11) is 0. The van der Waals surface area contributed by atoms with Crippen molar-refractivity contribution in [2.24, 2.45) is 0 Å². The summed E-state index contributed by atoms with van der Waals surface area (Å²) in [6.07, 6.45) is 4.23. The van der Waals surface area contributed by atoms with Crippen molar-refractivity contribution in [3.05, 3.63) is 96.4 Å². The number of fused-ring (bicyclic) bond motifs is 1. The molecule has 0 saturated carbocycles. The minimum absolute atomic E-state index is 0.172. The molecule has 5 nitrogen and oxygen atoms in total. The number of hydrogen-bond acceptors (Lipinski definition) is 4. The van der Waals surface area contributed by atoms with E-state index in [1.807, 2.05) is 66.7 Å². The van der Waals surface area contributed by atoms with Crippen LogP contribution in [0, 0.1) is 0 Å². The Labute approximate surface area is 163 Å². The number of nitrogens with zero attached hydrogens (tertiary/aromatic N) is 2. The van der Waals surface area contributed by atoms with Crippen molar-refractivity contribution in [2.45, 2.75) is 6.42 Å². The zero-order valence-corrected chi connectivity index (χ0v) is 15.3. The largest absolute Gasteiger partial charge is 0.352 e. The molecule has 2 aromatic heterocycles. The lowest BCUT2D eigenvalue weighted by Crippen LogP contribution is -2.26. The van der Waals surface area contributed by atoms with Gasteiger partial charge in [-0.1, -0.05) is 48.5 Å². The lowest BCUT2D eigenvalue weighted by atomic mass is 10.1. The summed E-state index contributed by atoms with van der Waals surface area (Å²) in [6, 6.07) is 23.6. The molecule has 2 heterocycles. The van der Waals surface area contributed by atoms with Gasteiger partial charge in [-0.15, -0.1) is 0 Å². The first-order valence-corrected chi connectivity index (χ1v) is 9.18. The van der Waals surface area contributed by atoms with Crippen LogP contribution in [-0.4, -0.2) is 22.4 Å². The van der Waals surface area contributed by atoms with E-state index in [0.717, 1.165) is 28.7 Å². The lowest BCUT2D eigenvalue weighted by Gasteiger charge is -2.09. The average molecular weight is 368 g/mol. The molecular weight excluding hydrogens is 348 g/mol. The first kappa shape index (κ1) is 17.7. The molecule has 0 spiro atoms. The van der Waals surface area contributed by atoms with Crippen LogP contribution in [0.1, 0.15) is 16.1 Å². The third-order valence-corrected chi connectivity index (χ3v) is 4.45. The van der Waals surface area contributed by atoms with Gasteiger partial charge in [-0.3, -0.25) is 9.78 Å².